The summed E-state index contributed by atoms with van der Waals surface area (Å²) in [4.78, 5) is 2.53. The fourth-order valence-corrected chi connectivity index (χ4v) is 2.93. The largest absolute Gasteiger partial charge is 0.496 e. The molecule has 1 aromatic rings. The second-order valence-electron chi connectivity index (χ2n) is 5.38. The zero-order valence-corrected chi connectivity index (χ0v) is 12.9. The van der Waals surface area contributed by atoms with Crippen LogP contribution >= 0.6 is 15.9 Å². The predicted molar refractivity (Wildman–Crippen MR) is 78.1 cm³/mol. The summed E-state index contributed by atoms with van der Waals surface area (Å²) in [6.45, 7) is 8.77. The highest BCUT2D eigenvalue weighted by Crippen LogP contribution is 2.27. The normalized spacial score (nSPS) is 19.8. The lowest BCUT2D eigenvalue weighted by Gasteiger charge is -2.43. The molecule has 100 valence electrons. The van der Waals surface area contributed by atoms with Gasteiger partial charge in [0.25, 0.3) is 0 Å². The van der Waals surface area contributed by atoms with Crippen LogP contribution < -0.4 is 10.1 Å². The van der Waals surface area contributed by atoms with Gasteiger partial charge in [-0.3, -0.25) is 4.90 Å². The van der Waals surface area contributed by atoms with Gasteiger partial charge in [-0.2, -0.15) is 0 Å². The van der Waals surface area contributed by atoms with Gasteiger partial charge in [-0.15, -0.1) is 0 Å². The predicted octanol–water partition coefficient (Wildman–Crippen LogP) is 2.64. The summed E-state index contributed by atoms with van der Waals surface area (Å²) in [6, 6.07) is 6.31. The first kappa shape index (κ1) is 13.8. The Morgan fingerprint density at radius 2 is 2.22 bits per heavy atom. The Labute approximate surface area is 118 Å². The van der Waals surface area contributed by atoms with Gasteiger partial charge in [-0.05, 0) is 47.5 Å². The topological polar surface area (TPSA) is 24.5 Å². The lowest BCUT2D eigenvalue weighted by Crippen LogP contribution is -2.57. The Hall–Kier alpha value is -0.580. The lowest BCUT2D eigenvalue weighted by molar-refractivity contribution is 0.0827. The Morgan fingerprint density at radius 1 is 1.44 bits per heavy atom. The van der Waals surface area contributed by atoms with Gasteiger partial charge in [-0.25, -0.2) is 0 Å². The molecule has 0 saturated carbocycles. The average molecular weight is 313 g/mol. The molecule has 18 heavy (non-hydrogen) atoms. The number of nitrogens with one attached hydrogen (secondary N) is 1. The van der Waals surface area contributed by atoms with Crippen LogP contribution in [0, 0.1) is 0 Å². The fourth-order valence-electron chi connectivity index (χ4n) is 2.34. The molecular weight excluding hydrogens is 292 g/mol. The molecular formula is C14H21BrN2O. The van der Waals surface area contributed by atoms with Crippen molar-refractivity contribution in [2.75, 3.05) is 26.7 Å². The van der Waals surface area contributed by atoms with Crippen molar-refractivity contribution in [1.82, 2.24) is 10.2 Å². The summed E-state index contributed by atoms with van der Waals surface area (Å²) >= 11 is 3.54. The molecule has 0 radical (unpaired) electrons. The molecule has 0 amide bonds. The van der Waals surface area contributed by atoms with Crippen LogP contribution in [0.5, 0.6) is 5.75 Å². The molecule has 0 unspecified atom stereocenters. The van der Waals surface area contributed by atoms with Gasteiger partial charge < -0.3 is 10.1 Å². The van der Waals surface area contributed by atoms with Crippen molar-refractivity contribution >= 4 is 15.9 Å². The van der Waals surface area contributed by atoms with Gasteiger partial charge in [0, 0.05) is 31.7 Å². The first-order valence-electron chi connectivity index (χ1n) is 6.31. The van der Waals surface area contributed by atoms with E-state index in [4.69, 9.17) is 4.74 Å². The van der Waals surface area contributed by atoms with E-state index >= 15 is 0 Å². The zero-order valence-electron chi connectivity index (χ0n) is 11.3. The summed E-state index contributed by atoms with van der Waals surface area (Å²) in [5.74, 6) is 0.887. The van der Waals surface area contributed by atoms with Gasteiger partial charge in [0.2, 0.25) is 0 Å². The maximum atomic E-state index is 5.26. The van der Waals surface area contributed by atoms with Gasteiger partial charge in [0.15, 0.2) is 0 Å². The minimum atomic E-state index is 0.213. The number of hydrogen-bond acceptors (Lipinski definition) is 3. The van der Waals surface area contributed by atoms with Crippen LogP contribution in [-0.2, 0) is 6.54 Å². The molecule has 0 spiro atoms. The SMILES string of the molecule is COc1ccc(CN2CCNCC2(C)C)cc1Br. The molecule has 1 aliphatic rings. The van der Waals surface area contributed by atoms with E-state index in [-0.39, 0.29) is 5.54 Å². The Morgan fingerprint density at radius 3 is 2.83 bits per heavy atom. The molecule has 1 N–H and O–H groups in total. The van der Waals surface area contributed by atoms with Crippen LogP contribution in [0.4, 0.5) is 0 Å². The van der Waals surface area contributed by atoms with Crippen LogP contribution in [-0.4, -0.2) is 37.2 Å². The van der Waals surface area contributed by atoms with E-state index in [1.807, 2.05) is 6.07 Å². The van der Waals surface area contributed by atoms with Crippen molar-refractivity contribution in [1.29, 1.82) is 0 Å². The minimum Gasteiger partial charge on any atom is -0.496 e. The molecule has 4 heteroatoms. The molecule has 3 nitrogen and oxygen atoms in total. The fraction of sp³-hybridized carbons (Fsp3) is 0.571. The van der Waals surface area contributed by atoms with E-state index in [0.29, 0.717) is 0 Å². The summed E-state index contributed by atoms with van der Waals surface area (Å²) in [7, 11) is 1.69. The highest BCUT2D eigenvalue weighted by Gasteiger charge is 2.29. The summed E-state index contributed by atoms with van der Waals surface area (Å²) in [5, 5.41) is 3.45. The number of methoxy groups -OCH3 is 1. The maximum absolute atomic E-state index is 5.26. The molecule has 1 aromatic carbocycles. The van der Waals surface area contributed by atoms with Crippen molar-refractivity contribution in [2.45, 2.75) is 25.9 Å². The van der Waals surface area contributed by atoms with Gasteiger partial charge >= 0.3 is 0 Å². The number of nitrogens with zero attached hydrogens (tertiary/aromatic N) is 1. The van der Waals surface area contributed by atoms with Crippen molar-refractivity contribution in [3.63, 3.8) is 0 Å². The number of hydrogen-bond donors (Lipinski definition) is 1. The number of halogens is 1. The first-order chi connectivity index (χ1) is 8.53. The van der Waals surface area contributed by atoms with Gasteiger partial charge in [0.1, 0.15) is 5.75 Å². The third-order valence-corrected chi connectivity index (χ3v) is 4.18. The van der Waals surface area contributed by atoms with E-state index in [1.165, 1.54) is 5.56 Å². The number of benzene rings is 1. The molecule has 1 saturated heterocycles. The monoisotopic (exact) mass is 312 g/mol. The van der Waals surface area contributed by atoms with E-state index in [0.717, 1.165) is 36.4 Å². The Bertz CT molecular complexity index is 420. The smallest absolute Gasteiger partial charge is 0.133 e. The minimum absolute atomic E-state index is 0.213. The van der Waals surface area contributed by atoms with Crippen LogP contribution in [0.2, 0.25) is 0 Å². The summed E-state index contributed by atoms with van der Waals surface area (Å²) < 4.78 is 6.28. The molecule has 0 aromatic heterocycles. The highest BCUT2D eigenvalue weighted by atomic mass is 79.9. The van der Waals surface area contributed by atoms with Crippen LogP contribution in [0.1, 0.15) is 19.4 Å². The van der Waals surface area contributed by atoms with Crippen LogP contribution in [0.3, 0.4) is 0 Å². The van der Waals surface area contributed by atoms with Crippen molar-refractivity contribution in [3.8, 4) is 5.75 Å². The Balaban J connectivity index is 2.11. The third-order valence-electron chi connectivity index (χ3n) is 3.56. The van der Waals surface area contributed by atoms with Crippen LogP contribution in [0.25, 0.3) is 0 Å². The maximum Gasteiger partial charge on any atom is 0.133 e. The molecule has 0 aliphatic carbocycles. The Kier molecular flexibility index (Phi) is 4.30. The summed E-state index contributed by atoms with van der Waals surface area (Å²) in [6.07, 6.45) is 0. The van der Waals surface area contributed by atoms with Crippen molar-refractivity contribution in [3.05, 3.63) is 28.2 Å². The van der Waals surface area contributed by atoms with E-state index < -0.39 is 0 Å². The second-order valence-corrected chi connectivity index (χ2v) is 6.23. The first-order valence-corrected chi connectivity index (χ1v) is 7.10. The van der Waals surface area contributed by atoms with Crippen molar-refractivity contribution in [2.24, 2.45) is 0 Å². The van der Waals surface area contributed by atoms with Gasteiger partial charge in [-0.1, -0.05) is 6.07 Å². The molecule has 0 bridgehead atoms. The number of piperazine rings is 1. The van der Waals surface area contributed by atoms with Crippen LogP contribution in [0.15, 0.2) is 22.7 Å². The van der Waals surface area contributed by atoms with Crippen molar-refractivity contribution < 1.29 is 4.74 Å². The second kappa shape index (κ2) is 5.59. The quantitative estimate of drug-likeness (QED) is 0.928. The lowest BCUT2D eigenvalue weighted by atomic mass is 9.99. The number of ether oxygens (including phenoxy) is 1. The average Bonchev–Trinajstić information content (AvgIpc) is 2.32. The third kappa shape index (κ3) is 3.05. The van der Waals surface area contributed by atoms with E-state index in [2.05, 4.69) is 52.1 Å². The molecule has 1 aliphatic heterocycles. The van der Waals surface area contributed by atoms with E-state index in [9.17, 15) is 0 Å². The van der Waals surface area contributed by atoms with E-state index in [1.54, 1.807) is 7.11 Å². The highest BCUT2D eigenvalue weighted by molar-refractivity contribution is 9.10. The van der Waals surface area contributed by atoms with Gasteiger partial charge in [0.05, 0.1) is 11.6 Å². The molecule has 1 heterocycles. The molecule has 1 fully saturated rings. The zero-order chi connectivity index (χ0) is 13.2. The molecule has 0 atom stereocenters. The standard InChI is InChI=1S/C14H21BrN2O/c1-14(2)10-16-6-7-17(14)9-11-4-5-13(18-3)12(15)8-11/h4-5,8,16H,6-7,9-10H2,1-3H3. The molecule has 2 rings (SSSR count). The summed E-state index contributed by atoms with van der Waals surface area (Å²) in [5.41, 5.74) is 1.53. The number of rotatable bonds is 3.